The molecule has 2 atom stereocenters. The summed E-state index contributed by atoms with van der Waals surface area (Å²) in [6.07, 6.45) is 6.08. The largest absolute Gasteiger partial charge is 0.330 e. The van der Waals surface area contributed by atoms with Crippen LogP contribution in [-0.2, 0) is 4.79 Å². The monoisotopic (exact) mass is 340 g/mol. The van der Waals surface area contributed by atoms with Crippen LogP contribution in [0, 0.1) is 5.82 Å². The fourth-order valence-corrected chi connectivity index (χ4v) is 2.60. The van der Waals surface area contributed by atoms with Crippen molar-refractivity contribution in [2.24, 2.45) is 0 Å². The number of aromatic nitrogens is 5. The minimum Gasteiger partial charge on any atom is -0.330 e. The molecule has 0 saturated carbocycles. The molecule has 1 aromatic carbocycles. The number of nitrogens with zero attached hydrogens (tertiary/aromatic N) is 6. The maximum absolute atomic E-state index is 13.3. The SMILES string of the molecule is C[C@@H](C(=O)N(C)[C@H](c1ccc(F)cc1)c1ncccn1)n1cncn1. The third-order valence-corrected chi connectivity index (χ3v) is 3.94. The maximum atomic E-state index is 13.3. The first-order valence-electron chi connectivity index (χ1n) is 7.71. The third kappa shape index (κ3) is 3.52. The summed E-state index contributed by atoms with van der Waals surface area (Å²) in [7, 11) is 1.67. The molecule has 0 fully saturated rings. The molecular weight excluding hydrogens is 323 g/mol. The van der Waals surface area contributed by atoms with Crippen molar-refractivity contribution >= 4 is 5.91 Å². The van der Waals surface area contributed by atoms with E-state index < -0.39 is 12.1 Å². The highest BCUT2D eigenvalue weighted by molar-refractivity contribution is 5.80. The Kier molecular flexibility index (Phi) is 4.78. The normalized spacial score (nSPS) is 13.2. The number of hydrogen-bond donors (Lipinski definition) is 0. The molecule has 8 heteroatoms. The van der Waals surface area contributed by atoms with E-state index in [4.69, 9.17) is 0 Å². The number of hydrogen-bond acceptors (Lipinski definition) is 5. The minimum absolute atomic E-state index is 0.188. The van der Waals surface area contributed by atoms with Crippen LogP contribution in [0.1, 0.15) is 30.4 Å². The van der Waals surface area contributed by atoms with Crippen LogP contribution in [0.25, 0.3) is 0 Å². The van der Waals surface area contributed by atoms with Gasteiger partial charge in [-0.05, 0) is 30.7 Å². The van der Waals surface area contributed by atoms with Gasteiger partial charge in [-0.3, -0.25) is 4.79 Å². The summed E-state index contributed by atoms with van der Waals surface area (Å²) in [4.78, 5) is 26.9. The van der Waals surface area contributed by atoms with E-state index in [1.165, 1.54) is 34.4 Å². The summed E-state index contributed by atoms with van der Waals surface area (Å²) < 4.78 is 14.8. The number of amides is 1. The van der Waals surface area contributed by atoms with E-state index in [-0.39, 0.29) is 11.7 Å². The van der Waals surface area contributed by atoms with E-state index in [1.54, 1.807) is 44.6 Å². The van der Waals surface area contributed by atoms with Gasteiger partial charge < -0.3 is 4.90 Å². The highest BCUT2D eigenvalue weighted by Crippen LogP contribution is 2.27. The van der Waals surface area contributed by atoms with Gasteiger partial charge in [0.2, 0.25) is 5.91 Å². The molecular formula is C17H17FN6O. The van der Waals surface area contributed by atoms with Crippen molar-refractivity contribution in [3.63, 3.8) is 0 Å². The van der Waals surface area contributed by atoms with Gasteiger partial charge in [0, 0.05) is 19.4 Å². The van der Waals surface area contributed by atoms with Crippen molar-refractivity contribution in [3.8, 4) is 0 Å². The van der Waals surface area contributed by atoms with Crippen molar-refractivity contribution in [3.05, 3.63) is 72.6 Å². The van der Waals surface area contributed by atoms with Crippen molar-refractivity contribution in [1.82, 2.24) is 29.6 Å². The van der Waals surface area contributed by atoms with E-state index in [0.29, 0.717) is 11.4 Å². The fraction of sp³-hybridized carbons (Fsp3) is 0.235. The highest BCUT2D eigenvalue weighted by Gasteiger charge is 2.29. The van der Waals surface area contributed by atoms with Gasteiger partial charge in [0.05, 0.1) is 0 Å². The Labute approximate surface area is 144 Å². The average Bonchev–Trinajstić information content (AvgIpc) is 3.18. The summed E-state index contributed by atoms with van der Waals surface area (Å²) >= 11 is 0. The van der Waals surface area contributed by atoms with Gasteiger partial charge in [0.1, 0.15) is 30.6 Å². The van der Waals surface area contributed by atoms with Gasteiger partial charge in [-0.1, -0.05) is 12.1 Å². The van der Waals surface area contributed by atoms with Gasteiger partial charge in [-0.25, -0.2) is 24.0 Å². The van der Waals surface area contributed by atoms with E-state index in [9.17, 15) is 9.18 Å². The molecule has 0 radical (unpaired) electrons. The molecule has 128 valence electrons. The molecule has 0 aliphatic heterocycles. The molecule has 0 unspecified atom stereocenters. The van der Waals surface area contributed by atoms with Crippen LogP contribution in [0.5, 0.6) is 0 Å². The van der Waals surface area contributed by atoms with Crippen LogP contribution in [0.3, 0.4) is 0 Å². The fourth-order valence-electron chi connectivity index (χ4n) is 2.60. The maximum Gasteiger partial charge on any atom is 0.247 e. The number of rotatable bonds is 5. The number of carbonyl (C=O) groups excluding carboxylic acids is 1. The molecule has 7 nitrogen and oxygen atoms in total. The zero-order chi connectivity index (χ0) is 17.8. The number of carbonyl (C=O) groups is 1. The second kappa shape index (κ2) is 7.16. The van der Waals surface area contributed by atoms with Crippen molar-refractivity contribution < 1.29 is 9.18 Å². The summed E-state index contributed by atoms with van der Waals surface area (Å²) in [6.45, 7) is 1.74. The molecule has 2 heterocycles. The molecule has 25 heavy (non-hydrogen) atoms. The predicted molar refractivity (Wildman–Crippen MR) is 87.8 cm³/mol. The summed E-state index contributed by atoms with van der Waals surface area (Å²) in [5, 5.41) is 4.01. The van der Waals surface area contributed by atoms with Gasteiger partial charge in [-0.15, -0.1) is 0 Å². The quantitative estimate of drug-likeness (QED) is 0.710. The Morgan fingerprint density at radius 3 is 2.48 bits per heavy atom. The molecule has 1 amide bonds. The smallest absolute Gasteiger partial charge is 0.247 e. The van der Waals surface area contributed by atoms with E-state index in [2.05, 4.69) is 20.1 Å². The zero-order valence-electron chi connectivity index (χ0n) is 13.8. The van der Waals surface area contributed by atoms with Crippen LogP contribution < -0.4 is 0 Å². The van der Waals surface area contributed by atoms with Crippen LogP contribution in [0.4, 0.5) is 4.39 Å². The van der Waals surface area contributed by atoms with Crippen LogP contribution in [0.15, 0.2) is 55.4 Å². The molecule has 0 saturated heterocycles. The highest BCUT2D eigenvalue weighted by atomic mass is 19.1. The molecule has 0 spiro atoms. The van der Waals surface area contributed by atoms with Gasteiger partial charge in [0.25, 0.3) is 0 Å². The standard InChI is InChI=1S/C17H17FN6O/c1-12(24-11-19-10-22-24)17(25)23(2)15(16-20-8-3-9-21-16)13-4-6-14(18)7-5-13/h3-12,15H,1-2H3/t12-,15+/m0/s1. The lowest BCUT2D eigenvalue weighted by Gasteiger charge is -2.29. The van der Waals surface area contributed by atoms with E-state index in [0.717, 1.165) is 0 Å². The molecule has 0 N–H and O–H groups in total. The van der Waals surface area contributed by atoms with Gasteiger partial charge >= 0.3 is 0 Å². The topological polar surface area (TPSA) is 76.8 Å². The third-order valence-electron chi connectivity index (χ3n) is 3.94. The number of halogens is 1. The van der Waals surface area contributed by atoms with Crippen LogP contribution in [-0.4, -0.2) is 42.6 Å². The molecule has 0 aliphatic carbocycles. The summed E-state index contributed by atoms with van der Waals surface area (Å²) in [6, 6.07) is 6.57. The Balaban J connectivity index is 1.96. The molecule has 0 bridgehead atoms. The van der Waals surface area contributed by atoms with Crippen molar-refractivity contribution in [2.45, 2.75) is 19.0 Å². The first-order valence-corrected chi connectivity index (χ1v) is 7.71. The van der Waals surface area contributed by atoms with Crippen molar-refractivity contribution in [2.75, 3.05) is 7.05 Å². The van der Waals surface area contributed by atoms with Crippen molar-refractivity contribution in [1.29, 1.82) is 0 Å². The molecule has 2 aromatic heterocycles. The molecule has 0 aliphatic rings. The number of benzene rings is 1. The lowest BCUT2D eigenvalue weighted by atomic mass is 10.0. The second-order valence-electron chi connectivity index (χ2n) is 5.56. The van der Waals surface area contributed by atoms with Gasteiger partial charge in [0.15, 0.2) is 5.82 Å². The van der Waals surface area contributed by atoms with Crippen LogP contribution >= 0.6 is 0 Å². The van der Waals surface area contributed by atoms with E-state index in [1.807, 2.05) is 0 Å². The predicted octanol–water partition coefficient (Wildman–Crippen LogP) is 2.02. The molecule has 3 rings (SSSR count). The minimum atomic E-state index is -0.542. The van der Waals surface area contributed by atoms with Crippen LogP contribution in [0.2, 0.25) is 0 Å². The summed E-state index contributed by atoms with van der Waals surface area (Å²) in [5.41, 5.74) is 0.717. The number of likely N-dealkylation sites (N-methyl/N-ethyl adjacent to an activating group) is 1. The Morgan fingerprint density at radius 1 is 1.20 bits per heavy atom. The first kappa shape index (κ1) is 16.7. The Bertz CT molecular complexity index is 822. The average molecular weight is 340 g/mol. The summed E-state index contributed by atoms with van der Waals surface area (Å²) in [5.74, 6) is -0.0792. The Hall–Kier alpha value is -3.16. The lowest BCUT2D eigenvalue weighted by Crippen LogP contribution is -2.37. The van der Waals surface area contributed by atoms with E-state index >= 15 is 0 Å². The zero-order valence-corrected chi connectivity index (χ0v) is 13.8. The molecule has 3 aromatic rings. The Morgan fingerprint density at radius 2 is 1.88 bits per heavy atom. The second-order valence-corrected chi connectivity index (χ2v) is 5.56. The van der Waals surface area contributed by atoms with Gasteiger partial charge in [-0.2, -0.15) is 5.10 Å². The first-order chi connectivity index (χ1) is 12.1. The lowest BCUT2D eigenvalue weighted by molar-refractivity contribution is -0.134.